The third kappa shape index (κ3) is 4.87. The highest BCUT2D eigenvalue weighted by molar-refractivity contribution is 6.20. The van der Waals surface area contributed by atoms with Gasteiger partial charge in [0.25, 0.3) is 0 Å². The lowest BCUT2D eigenvalue weighted by Crippen LogP contribution is -2.04. The highest BCUT2D eigenvalue weighted by atomic mass is 16.3. The Morgan fingerprint density at radius 1 is 0.351 bits per heavy atom. The number of fused-ring (bicyclic) bond motifs is 9. The number of nitrogens with zero attached hydrogens (tertiary/aromatic N) is 4. The van der Waals surface area contributed by atoms with E-state index in [1.54, 1.807) is 0 Å². The van der Waals surface area contributed by atoms with Crippen molar-refractivity contribution in [3.05, 3.63) is 182 Å². The van der Waals surface area contributed by atoms with Crippen LogP contribution in [0.5, 0.6) is 0 Å². The third-order valence-corrected chi connectivity index (χ3v) is 11.1. The molecule has 4 aromatic heterocycles. The van der Waals surface area contributed by atoms with E-state index in [1.165, 1.54) is 10.8 Å². The van der Waals surface area contributed by atoms with E-state index >= 15 is 0 Å². The average molecular weight is 731 g/mol. The van der Waals surface area contributed by atoms with Gasteiger partial charge in [-0.25, -0.2) is 15.0 Å². The summed E-state index contributed by atoms with van der Waals surface area (Å²) in [5.74, 6) is 1.73. The van der Waals surface area contributed by atoms with Crippen molar-refractivity contribution >= 4 is 65.7 Å². The van der Waals surface area contributed by atoms with Gasteiger partial charge in [-0.3, -0.25) is 0 Å². The summed E-state index contributed by atoms with van der Waals surface area (Å²) in [4.78, 5) is 15.8. The molecule has 57 heavy (non-hydrogen) atoms. The van der Waals surface area contributed by atoms with E-state index in [9.17, 15) is 0 Å². The van der Waals surface area contributed by atoms with E-state index < -0.39 is 0 Å². The lowest BCUT2D eigenvalue weighted by molar-refractivity contribution is 0.668. The van der Waals surface area contributed by atoms with E-state index in [2.05, 4.69) is 102 Å². The lowest BCUT2D eigenvalue weighted by Gasteiger charge is -2.16. The van der Waals surface area contributed by atoms with Gasteiger partial charge in [0.1, 0.15) is 22.3 Å². The smallest absolute Gasteiger partial charge is 0.166 e. The largest absolute Gasteiger partial charge is 0.456 e. The van der Waals surface area contributed by atoms with Crippen LogP contribution >= 0.6 is 0 Å². The molecule has 0 saturated carbocycles. The Labute approximate surface area is 325 Å². The molecule has 0 atom stereocenters. The molecule has 4 heterocycles. The van der Waals surface area contributed by atoms with E-state index in [0.29, 0.717) is 17.5 Å². The van der Waals surface area contributed by atoms with Gasteiger partial charge < -0.3 is 13.4 Å². The molecule has 0 N–H and O–H groups in total. The normalized spacial score (nSPS) is 11.9. The molecule has 0 bridgehead atoms. The average Bonchev–Trinajstić information content (AvgIpc) is 3.96. The molecule has 6 heteroatoms. The second-order valence-corrected chi connectivity index (χ2v) is 14.3. The predicted molar refractivity (Wildman–Crippen MR) is 230 cm³/mol. The monoisotopic (exact) mass is 730 g/mol. The molecule has 8 aromatic carbocycles. The van der Waals surface area contributed by atoms with Gasteiger partial charge in [-0.05, 0) is 59.7 Å². The zero-order valence-corrected chi connectivity index (χ0v) is 30.4. The summed E-state index contributed by atoms with van der Waals surface area (Å²) in [5.41, 5.74) is 11.0. The van der Waals surface area contributed by atoms with Crippen molar-refractivity contribution in [2.24, 2.45) is 0 Å². The number of aromatic nitrogens is 4. The minimum absolute atomic E-state index is 0.551. The van der Waals surface area contributed by atoms with Gasteiger partial charge in [-0.1, -0.05) is 133 Å². The van der Waals surface area contributed by atoms with Crippen molar-refractivity contribution in [1.82, 2.24) is 19.5 Å². The minimum Gasteiger partial charge on any atom is -0.456 e. The maximum atomic E-state index is 6.79. The predicted octanol–water partition coefficient (Wildman–Crippen LogP) is 13.4. The first-order valence-electron chi connectivity index (χ1n) is 19.0. The first kappa shape index (κ1) is 31.5. The van der Waals surface area contributed by atoms with Gasteiger partial charge in [0.05, 0.1) is 22.3 Å². The Balaban J connectivity index is 1.23. The van der Waals surface area contributed by atoms with Crippen molar-refractivity contribution in [2.75, 3.05) is 0 Å². The zero-order chi connectivity index (χ0) is 37.5. The van der Waals surface area contributed by atoms with Crippen LogP contribution in [0.15, 0.2) is 191 Å². The van der Waals surface area contributed by atoms with Crippen molar-refractivity contribution in [1.29, 1.82) is 0 Å². The van der Waals surface area contributed by atoms with E-state index in [4.69, 9.17) is 23.8 Å². The standard InChI is InChI=1S/C51H30N4O2/c1-3-14-31(15-4-1)49-52-50(32-16-5-2-6-17-32)54-51(53-49)47-41(55-39-22-10-7-18-35(39)36-19-8-11-23-40(36)55)28-29-44-48(47)46-34(21-13-25-43(46)57-44)33-26-27-38-37-20-9-12-24-42(37)56-45(38)30-33/h1-30H. The van der Waals surface area contributed by atoms with Gasteiger partial charge in [0.15, 0.2) is 17.5 Å². The van der Waals surface area contributed by atoms with Crippen LogP contribution in [-0.4, -0.2) is 19.5 Å². The maximum absolute atomic E-state index is 6.79. The van der Waals surface area contributed by atoms with Crippen LogP contribution in [0.4, 0.5) is 0 Å². The molecule has 0 aliphatic carbocycles. The molecule has 266 valence electrons. The van der Waals surface area contributed by atoms with Crippen LogP contribution in [0, 0.1) is 0 Å². The minimum atomic E-state index is 0.551. The van der Waals surface area contributed by atoms with Gasteiger partial charge in [0, 0.05) is 43.4 Å². The summed E-state index contributed by atoms with van der Waals surface area (Å²) in [5, 5.41) is 6.42. The van der Waals surface area contributed by atoms with E-state index in [1.807, 2.05) is 84.9 Å². The summed E-state index contributed by atoms with van der Waals surface area (Å²) >= 11 is 0. The number of hydrogen-bond donors (Lipinski definition) is 0. The number of para-hydroxylation sites is 3. The van der Waals surface area contributed by atoms with Crippen LogP contribution in [0.25, 0.3) is 117 Å². The molecular weight excluding hydrogens is 701 g/mol. The lowest BCUT2D eigenvalue weighted by atomic mass is 9.95. The molecule has 0 spiro atoms. The Morgan fingerprint density at radius 2 is 0.895 bits per heavy atom. The van der Waals surface area contributed by atoms with Crippen molar-refractivity contribution in [3.63, 3.8) is 0 Å². The summed E-state index contributed by atoms with van der Waals surface area (Å²) in [6.07, 6.45) is 0. The fourth-order valence-electron chi connectivity index (χ4n) is 8.55. The fourth-order valence-corrected chi connectivity index (χ4v) is 8.55. The molecule has 0 fully saturated rings. The molecule has 0 radical (unpaired) electrons. The van der Waals surface area contributed by atoms with Crippen LogP contribution in [-0.2, 0) is 0 Å². The van der Waals surface area contributed by atoms with Crippen LogP contribution in [0.1, 0.15) is 0 Å². The number of rotatable bonds is 5. The number of furan rings is 2. The summed E-state index contributed by atoms with van der Waals surface area (Å²) in [6.45, 7) is 0. The topological polar surface area (TPSA) is 69.9 Å². The molecule has 0 aliphatic rings. The molecule has 12 rings (SSSR count). The quantitative estimate of drug-likeness (QED) is 0.176. The number of hydrogen-bond acceptors (Lipinski definition) is 5. The highest BCUT2D eigenvalue weighted by Crippen LogP contribution is 2.46. The summed E-state index contributed by atoms with van der Waals surface area (Å²) < 4.78 is 15.5. The van der Waals surface area contributed by atoms with E-state index in [0.717, 1.165) is 88.4 Å². The second kappa shape index (κ2) is 12.3. The molecule has 0 aliphatic heterocycles. The SMILES string of the molecule is c1ccc(-c2nc(-c3ccccc3)nc(-c3c(-n4c5ccccc5c5ccccc54)ccc4oc5cccc(-c6ccc7c(c6)oc6ccccc67)c5c34)n2)cc1. The van der Waals surface area contributed by atoms with Crippen molar-refractivity contribution in [2.45, 2.75) is 0 Å². The zero-order valence-electron chi connectivity index (χ0n) is 30.4. The van der Waals surface area contributed by atoms with Gasteiger partial charge in [-0.15, -0.1) is 0 Å². The Morgan fingerprint density at radius 3 is 1.60 bits per heavy atom. The first-order chi connectivity index (χ1) is 28.3. The number of benzene rings is 8. The first-order valence-corrected chi connectivity index (χ1v) is 19.0. The second-order valence-electron chi connectivity index (χ2n) is 14.3. The Bertz CT molecular complexity index is 3410. The van der Waals surface area contributed by atoms with E-state index in [-0.39, 0.29) is 0 Å². The summed E-state index contributed by atoms with van der Waals surface area (Å²) in [7, 11) is 0. The highest BCUT2D eigenvalue weighted by Gasteiger charge is 2.26. The molecule has 0 amide bonds. The van der Waals surface area contributed by atoms with Crippen LogP contribution in [0.3, 0.4) is 0 Å². The van der Waals surface area contributed by atoms with Crippen molar-refractivity contribution < 1.29 is 8.83 Å². The molecular formula is C51H30N4O2. The molecule has 0 saturated heterocycles. The van der Waals surface area contributed by atoms with Crippen LogP contribution < -0.4 is 0 Å². The van der Waals surface area contributed by atoms with Gasteiger partial charge >= 0.3 is 0 Å². The van der Waals surface area contributed by atoms with Gasteiger partial charge in [0.2, 0.25) is 0 Å². The third-order valence-electron chi connectivity index (χ3n) is 11.1. The summed E-state index contributed by atoms with van der Waals surface area (Å²) in [6, 6.07) is 62.5. The van der Waals surface area contributed by atoms with Crippen molar-refractivity contribution in [3.8, 4) is 51.0 Å². The van der Waals surface area contributed by atoms with Crippen LogP contribution in [0.2, 0.25) is 0 Å². The molecule has 12 aromatic rings. The Hall–Kier alpha value is -7.83. The molecule has 6 nitrogen and oxygen atoms in total. The molecule has 0 unspecified atom stereocenters. The Kier molecular flexibility index (Phi) is 6.83. The van der Waals surface area contributed by atoms with Gasteiger partial charge in [-0.2, -0.15) is 0 Å². The maximum Gasteiger partial charge on any atom is 0.166 e. The fraction of sp³-hybridized carbons (Fsp3) is 0.